The van der Waals surface area contributed by atoms with Gasteiger partial charge in [0.2, 0.25) is 5.79 Å². The molecule has 0 spiro atoms. The van der Waals surface area contributed by atoms with E-state index in [2.05, 4.69) is 5.32 Å². The topological polar surface area (TPSA) is 146 Å². The molecule has 0 aromatic rings. The molecule has 2 fully saturated rings. The van der Waals surface area contributed by atoms with Gasteiger partial charge in [-0.2, -0.15) is 0 Å². The minimum Gasteiger partial charge on any atom is -0.462 e. The number of carbonyl (C=O) groups is 2. The molecule has 2 aliphatic rings. The SMILES string of the molecule is CC(=O)C1(O)CC(O)C([C@@H](C)O)C(C[C@H](O)COC(=O)[C@@H]2CCCN2)O1. The standard InChI is InChI=1S/C17H29NO8/c1-9(19)15-13(22)7-17(24,10(2)20)26-14(15)6-11(21)8-25-16(23)12-4-3-5-18-12/h9,11-15,18-19,21-22,24H,3-8H2,1-2H3/t9-,11+,12+,13?,14?,15?,17?/m1/s1. The summed E-state index contributed by atoms with van der Waals surface area (Å²) in [5, 5.41) is 43.6. The summed E-state index contributed by atoms with van der Waals surface area (Å²) in [6.07, 6.45) is -3.18. The Morgan fingerprint density at radius 2 is 2.08 bits per heavy atom. The number of nitrogens with one attached hydrogen (secondary N) is 1. The molecular formula is C17H29NO8. The molecule has 2 heterocycles. The molecule has 7 atom stereocenters. The highest BCUT2D eigenvalue weighted by atomic mass is 16.6. The van der Waals surface area contributed by atoms with E-state index in [0.29, 0.717) is 6.42 Å². The van der Waals surface area contributed by atoms with Crippen LogP contribution in [0.3, 0.4) is 0 Å². The minimum atomic E-state index is -2.17. The molecule has 9 heteroatoms. The van der Waals surface area contributed by atoms with Gasteiger partial charge in [0.1, 0.15) is 12.6 Å². The predicted molar refractivity (Wildman–Crippen MR) is 88.9 cm³/mol. The highest BCUT2D eigenvalue weighted by Crippen LogP contribution is 2.36. The molecule has 2 saturated heterocycles. The number of rotatable bonds is 7. The third-order valence-corrected chi connectivity index (χ3v) is 5.08. The van der Waals surface area contributed by atoms with Crippen LogP contribution < -0.4 is 5.32 Å². The van der Waals surface area contributed by atoms with Crippen LogP contribution in [0.25, 0.3) is 0 Å². The zero-order valence-corrected chi connectivity index (χ0v) is 15.1. The van der Waals surface area contributed by atoms with Gasteiger partial charge >= 0.3 is 5.97 Å². The number of ether oxygens (including phenoxy) is 2. The van der Waals surface area contributed by atoms with Crippen molar-refractivity contribution in [3.05, 3.63) is 0 Å². The third-order valence-electron chi connectivity index (χ3n) is 5.08. The van der Waals surface area contributed by atoms with Crippen molar-refractivity contribution >= 4 is 11.8 Å². The summed E-state index contributed by atoms with van der Waals surface area (Å²) in [6, 6.07) is -0.372. The number of aliphatic hydroxyl groups excluding tert-OH is 3. The Balaban J connectivity index is 1.96. The lowest BCUT2D eigenvalue weighted by Crippen LogP contribution is -2.58. The lowest BCUT2D eigenvalue weighted by atomic mass is 9.81. The van der Waals surface area contributed by atoms with E-state index < -0.39 is 47.9 Å². The molecule has 5 N–H and O–H groups in total. The average molecular weight is 375 g/mol. The van der Waals surface area contributed by atoms with Crippen LogP contribution in [0.1, 0.15) is 39.5 Å². The minimum absolute atomic E-state index is 0.117. The van der Waals surface area contributed by atoms with Gasteiger partial charge in [-0.25, -0.2) is 0 Å². The monoisotopic (exact) mass is 375 g/mol. The Morgan fingerprint density at radius 1 is 1.38 bits per heavy atom. The maximum atomic E-state index is 11.9. The van der Waals surface area contributed by atoms with Crippen molar-refractivity contribution in [1.82, 2.24) is 5.32 Å². The van der Waals surface area contributed by atoms with Crippen LogP contribution in [-0.4, -0.2) is 81.6 Å². The number of hydrogen-bond acceptors (Lipinski definition) is 9. The molecule has 0 bridgehead atoms. The number of Topliss-reactive ketones (excluding diaryl/α,β-unsaturated/α-hetero) is 1. The molecule has 0 amide bonds. The maximum Gasteiger partial charge on any atom is 0.323 e. The van der Waals surface area contributed by atoms with Gasteiger partial charge in [-0.3, -0.25) is 9.59 Å². The zero-order chi connectivity index (χ0) is 19.5. The Kier molecular flexibility index (Phi) is 7.12. The maximum absolute atomic E-state index is 11.9. The van der Waals surface area contributed by atoms with E-state index in [9.17, 15) is 30.0 Å². The van der Waals surface area contributed by atoms with E-state index in [-0.39, 0.29) is 25.5 Å². The summed E-state index contributed by atoms with van der Waals surface area (Å²) in [6.45, 7) is 3.06. The number of hydrogen-bond donors (Lipinski definition) is 5. The smallest absolute Gasteiger partial charge is 0.323 e. The van der Waals surface area contributed by atoms with Crippen molar-refractivity contribution in [3.63, 3.8) is 0 Å². The molecule has 2 rings (SSSR count). The van der Waals surface area contributed by atoms with Gasteiger partial charge in [0.05, 0.1) is 24.4 Å². The van der Waals surface area contributed by atoms with Crippen LogP contribution in [0, 0.1) is 5.92 Å². The van der Waals surface area contributed by atoms with E-state index in [1.54, 1.807) is 0 Å². The summed E-state index contributed by atoms with van der Waals surface area (Å²) in [5.74, 6) is -4.08. The van der Waals surface area contributed by atoms with Crippen LogP contribution >= 0.6 is 0 Å². The molecule has 150 valence electrons. The largest absolute Gasteiger partial charge is 0.462 e. The van der Waals surface area contributed by atoms with Crippen molar-refractivity contribution in [2.75, 3.05) is 13.2 Å². The lowest BCUT2D eigenvalue weighted by Gasteiger charge is -2.44. The second kappa shape index (κ2) is 8.73. The highest BCUT2D eigenvalue weighted by molar-refractivity contribution is 5.83. The molecule has 9 nitrogen and oxygen atoms in total. The summed E-state index contributed by atoms with van der Waals surface area (Å²) in [4.78, 5) is 23.5. The Hall–Kier alpha value is -1.10. The van der Waals surface area contributed by atoms with Crippen molar-refractivity contribution in [3.8, 4) is 0 Å². The Labute approximate surface area is 152 Å². The van der Waals surface area contributed by atoms with Crippen LogP contribution in [0.4, 0.5) is 0 Å². The number of aliphatic hydroxyl groups is 4. The first-order valence-electron chi connectivity index (χ1n) is 8.99. The van der Waals surface area contributed by atoms with E-state index >= 15 is 0 Å². The molecule has 0 aromatic carbocycles. The Bertz CT molecular complexity index is 507. The van der Waals surface area contributed by atoms with Gasteiger partial charge in [-0.1, -0.05) is 0 Å². The summed E-state index contributed by atoms with van der Waals surface area (Å²) < 4.78 is 10.5. The molecule has 0 aromatic heterocycles. The fourth-order valence-electron chi connectivity index (χ4n) is 3.61. The normalized spacial score (nSPS) is 37.2. The predicted octanol–water partition coefficient (Wildman–Crippen LogP) is -1.54. The summed E-state index contributed by atoms with van der Waals surface area (Å²) >= 11 is 0. The van der Waals surface area contributed by atoms with Gasteiger partial charge in [0.15, 0.2) is 5.78 Å². The first kappa shape index (κ1) is 21.2. The van der Waals surface area contributed by atoms with E-state index in [0.717, 1.165) is 19.9 Å². The van der Waals surface area contributed by atoms with Crippen LogP contribution in [0.2, 0.25) is 0 Å². The summed E-state index contributed by atoms with van der Waals surface area (Å²) in [5.41, 5.74) is 0. The molecule has 0 saturated carbocycles. The van der Waals surface area contributed by atoms with Gasteiger partial charge in [-0.05, 0) is 26.3 Å². The average Bonchev–Trinajstić information content (AvgIpc) is 3.05. The second-order valence-electron chi connectivity index (χ2n) is 7.25. The van der Waals surface area contributed by atoms with Gasteiger partial charge in [-0.15, -0.1) is 0 Å². The fourth-order valence-corrected chi connectivity index (χ4v) is 3.61. The summed E-state index contributed by atoms with van der Waals surface area (Å²) in [7, 11) is 0. The first-order chi connectivity index (χ1) is 12.1. The van der Waals surface area contributed by atoms with Gasteiger partial charge in [0.25, 0.3) is 0 Å². The van der Waals surface area contributed by atoms with Crippen molar-refractivity contribution in [2.45, 2.75) is 75.8 Å². The van der Waals surface area contributed by atoms with Gasteiger partial charge in [0, 0.05) is 25.7 Å². The van der Waals surface area contributed by atoms with Crippen LogP contribution in [0.5, 0.6) is 0 Å². The molecule has 2 aliphatic heterocycles. The second-order valence-corrected chi connectivity index (χ2v) is 7.25. The number of esters is 1. The molecule has 0 radical (unpaired) electrons. The lowest BCUT2D eigenvalue weighted by molar-refractivity contribution is -0.285. The number of ketones is 1. The Morgan fingerprint density at radius 3 is 2.62 bits per heavy atom. The van der Waals surface area contributed by atoms with Crippen molar-refractivity contribution < 1.29 is 39.5 Å². The zero-order valence-electron chi connectivity index (χ0n) is 15.1. The highest BCUT2D eigenvalue weighted by Gasteiger charge is 2.50. The van der Waals surface area contributed by atoms with Crippen molar-refractivity contribution in [2.24, 2.45) is 5.92 Å². The number of carbonyl (C=O) groups excluding carboxylic acids is 2. The van der Waals surface area contributed by atoms with Crippen LogP contribution in [0.15, 0.2) is 0 Å². The quantitative estimate of drug-likeness (QED) is 0.334. The molecule has 26 heavy (non-hydrogen) atoms. The van der Waals surface area contributed by atoms with Gasteiger partial charge < -0.3 is 35.2 Å². The van der Waals surface area contributed by atoms with E-state index in [4.69, 9.17) is 9.47 Å². The molecule has 4 unspecified atom stereocenters. The molecular weight excluding hydrogens is 346 g/mol. The molecule has 0 aliphatic carbocycles. The van der Waals surface area contributed by atoms with Crippen molar-refractivity contribution in [1.29, 1.82) is 0 Å². The first-order valence-corrected chi connectivity index (χ1v) is 8.99. The van der Waals surface area contributed by atoms with E-state index in [1.165, 1.54) is 6.92 Å². The van der Waals surface area contributed by atoms with E-state index in [1.807, 2.05) is 0 Å². The van der Waals surface area contributed by atoms with Crippen LogP contribution in [-0.2, 0) is 19.1 Å². The fraction of sp³-hybridized carbons (Fsp3) is 0.882. The third kappa shape index (κ3) is 4.99.